The van der Waals surface area contributed by atoms with Crippen LogP contribution < -0.4 is 0 Å². The lowest BCUT2D eigenvalue weighted by Gasteiger charge is -2.41. The van der Waals surface area contributed by atoms with Crippen molar-refractivity contribution in [3.63, 3.8) is 0 Å². The normalized spacial score (nSPS) is 23.0. The minimum atomic E-state index is -0.584. The summed E-state index contributed by atoms with van der Waals surface area (Å²) in [5.41, 5.74) is 0.905. The number of H-pyrrole nitrogens is 1. The molecular formula is C19H23F2N3O. The Hall–Kier alpha value is -1.79. The molecule has 25 heavy (non-hydrogen) atoms. The average Bonchev–Trinajstić information content (AvgIpc) is 3.12. The molecule has 0 amide bonds. The zero-order chi connectivity index (χ0) is 17.2. The molecule has 2 fully saturated rings. The van der Waals surface area contributed by atoms with Crippen LogP contribution in [0.1, 0.15) is 44.0 Å². The number of rotatable bonds is 3. The zero-order valence-corrected chi connectivity index (χ0v) is 14.2. The third-order valence-electron chi connectivity index (χ3n) is 5.35. The highest BCUT2D eigenvalue weighted by Crippen LogP contribution is 2.32. The number of benzene rings is 1. The highest BCUT2D eigenvalue weighted by molar-refractivity contribution is 5.59. The second-order valence-electron chi connectivity index (χ2n) is 6.93. The molecule has 4 nitrogen and oxygen atoms in total. The van der Waals surface area contributed by atoms with Gasteiger partial charge in [0.25, 0.3) is 0 Å². The second-order valence-corrected chi connectivity index (χ2v) is 6.93. The first-order chi connectivity index (χ1) is 12.2. The first-order valence-corrected chi connectivity index (χ1v) is 9.06. The molecular weight excluding hydrogens is 324 g/mol. The van der Waals surface area contributed by atoms with Crippen molar-refractivity contribution in [1.82, 2.24) is 14.9 Å². The maximum absolute atomic E-state index is 14.0. The summed E-state index contributed by atoms with van der Waals surface area (Å²) < 4.78 is 32.8. The lowest BCUT2D eigenvalue weighted by atomic mass is 9.93. The van der Waals surface area contributed by atoms with Crippen LogP contribution in [-0.4, -0.2) is 40.7 Å². The van der Waals surface area contributed by atoms with E-state index in [-0.39, 0.29) is 6.04 Å². The molecule has 134 valence electrons. The number of morpholine rings is 1. The first-order valence-electron chi connectivity index (χ1n) is 9.06. The monoisotopic (exact) mass is 347 g/mol. The molecule has 1 N–H and O–H groups in total. The van der Waals surface area contributed by atoms with E-state index in [9.17, 15) is 8.78 Å². The summed E-state index contributed by atoms with van der Waals surface area (Å²) in [6.07, 6.45) is 7.94. The third-order valence-corrected chi connectivity index (χ3v) is 5.35. The number of aromatic amines is 1. The SMILES string of the molecule is Fc1ccc(-c2cnc([C@@H]3COCCN3C3CCCCC3)[nH]2)c(F)c1. The number of halogens is 2. The van der Waals surface area contributed by atoms with Gasteiger partial charge in [0, 0.05) is 24.2 Å². The molecule has 1 aliphatic carbocycles. The minimum absolute atomic E-state index is 0.0640. The molecule has 0 bridgehead atoms. The summed E-state index contributed by atoms with van der Waals surface area (Å²) in [6.45, 7) is 2.23. The van der Waals surface area contributed by atoms with Crippen LogP contribution in [0.3, 0.4) is 0 Å². The van der Waals surface area contributed by atoms with Gasteiger partial charge in [0.2, 0.25) is 0 Å². The van der Waals surface area contributed by atoms with Crippen molar-refractivity contribution in [3.05, 3.63) is 41.9 Å². The number of hydrogen-bond acceptors (Lipinski definition) is 3. The first kappa shape index (κ1) is 16.7. The molecule has 0 radical (unpaired) electrons. The quantitative estimate of drug-likeness (QED) is 0.910. The van der Waals surface area contributed by atoms with E-state index in [4.69, 9.17) is 4.74 Å². The maximum Gasteiger partial charge on any atom is 0.135 e. The van der Waals surface area contributed by atoms with Crippen LogP contribution in [-0.2, 0) is 4.74 Å². The molecule has 2 heterocycles. The Kier molecular flexibility index (Phi) is 4.81. The van der Waals surface area contributed by atoms with Crippen molar-refractivity contribution < 1.29 is 13.5 Å². The van der Waals surface area contributed by atoms with Crippen molar-refractivity contribution in [2.75, 3.05) is 19.8 Å². The molecule has 1 saturated carbocycles. The van der Waals surface area contributed by atoms with E-state index >= 15 is 0 Å². The van der Waals surface area contributed by atoms with E-state index in [0.717, 1.165) is 25.0 Å². The summed E-state index contributed by atoms with van der Waals surface area (Å²) in [5.74, 6) is -0.367. The molecule has 2 aromatic rings. The fourth-order valence-electron chi connectivity index (χ4n) is 4.05. The van der Waals surface area contributed by atoms with E-state index in [1.165, 1.54) is 44.2 Å². The fraction of sp³-hybridized carbons (Fsp3) is 0.526. The topological polar surface area (TPSA) is 41.1 Å². The lowest BCUT2D eigenvalue weighted by molar-refractivity contribution is -0.0400. The van der Waals surface area contributed by atoms with E-state index < -0.39 is 11.6 Å². The van der Waals surface area contributed by atoms with Gasteiger partial charge in [-0.2, -0.15) is 0 Å². The van der Waals surface area contributed by atoms with Crippen LogP contribution in [0.4, 0.5) is 8.78 Å². The van der Waals surface area contributed by atoms with Gasteiger partial charge in [-0.3, -0.25) is 4.90 Å². The summed E-state index contributed by atoms with van der Waals surface area (Å²) >= 11 is 0. The van der Waals surface area contributed by atoms with Gasteiger partial charge in [-0.15, -0.1) is 0 Å². The van der Waals surface area contributed by atoms with Crippen LogP contribution in [0.5, 0.6) is 0 Å². The van der Waals surface area contributed by atoms with Gasteiger partial charge < -0.3 is 9.72 Å². The smallest absolute Gasteiger partial charge is 0.135 e. The fourth-order valence-corrected chi connectivity index (χ4v) is 4.05. The molecule has 4 rings (SSSR count). The summed E-state index contributed by atoms with van der Waals surface area (Å²) in [4.78, 5) is 10.2. The summed E-state index contributed by atoms with van der Waals surface area (Å²) in [7, 11) is 0. The summed E-state index contributed by atoms with van der Waals surface area (Å²) in [6, 6.07) is 4.23. The van der Waals surface area contributed by atoms with Crippen molar-refractivity contribution in [3.8, 4) is 11.3 Å². The van der Waals surface area contributed by atoms with E-state index in [0.29, 0.717) is 23.9 Å². The molecule has 1 aliphatic heterocycles. The molecule has 2 aliphatic rings. The predicted octanol–water partition coefficient (Wildman–Crippen LogP) is 4.06. The lowest BCUT2D eigenvalue weighted by Crippen LogP contribution is -2.46. The number of nitrogens with zero attached hydrogens (tertiary/aromatic N) is 2. The average molecular weight is 347 g/mol. The molecule has 1 atom stereocenters. The van der Waals surface area contributed by atoms with Crippen molar-refractivity contribution in [1.29, 1.82) is 0 Å². The van der Waals surface area contributed by atoms with Gasteiger partial charge in [0.05, 0.1) is 31.1 Å². The predicted molar refractivity (Wildman–Crippen MR) is 91.1 cm³/mol. The van der Waals surface area contributed by atoms with E-state index in [2.05, 4.69) is 14.9 Å². The van der Waals surface area contributed by atoms with E-state index in [1.807, 2.05) is 0 Å². The Balaban J connectivity index is 1.58. The van der Waals surface area contributed by atoms with Gasteiger partial charge in [0.1, 0.15) is 17.5 Å². The number of nitrogens with one attached hydrogen (secondary N) is 1. The Morgan fingerprint density at radius 1 is 1.16 bits per heavy atom. The Morgan fingerprint density at radius 3 is 2.80 bits per heavy atom. The molecule has 0 unspecified atom stereocenters. The number of hydrogen-bond donors (Lipinski definition) is 1. The molecule has 1 aromatic heterocycles. The van der Waals surface area contributed by atoms with Crippen molar-refractivity contribution in [2.24, 2.45) is 0 Å². The van der Waals surface area contributed by atoms with Crippen LogP contribution in [0.2, 0.25) is 0 Å². The third kappa shape index (κ3) is 3.46. The zero-order valence-electron chi connectivity index (χ0n) is 14.2. The van der Waals surface area contributed by atoms with Gasteiger partial charge in [-0.1, -0.05) is 19.3 Å². The standard InChI is InChI=1S/C19H23F2N3O/c20-13-6-7-15(16(21)10-13)17-11-22-19(23-17)18-12-25-9-8-24(18)14-4-2-1-3-5-14/h6-7,10-11,14,18H,1-5,8-9,12H2,(H,22,23)/t18-/m0/s1. The maximum atomic E-state index is 14.0. The second kappa shape index (κ2) is 7.22. The highest BCUT2D eigenvalue weighted by atomic mass is 19.1. The van der Waals surface area contributed by atoms with Gasteiger partial charge in [0.15, 0.2) is 0 Å². The Morgan fingerprint density at radius 2 is 2.00 bits per heavy atom. The Labute approximate surface area is 146 Å². The number of imidazole rings is 1. The highest BCUT2D eigenvalue weighted by Gasteiger charge is 2.33. The van der Waals surface area contributed by atoms with E-state index in [1.54, 1.807) is 6.20 Å². The number of aromatic nitrogens is 2. The minimum Gasteiger partial charge on any atom is -0.378 e. The van der Waals surface area contributed by atoms with Crippen molar-refractivity contribution in [2.45, 2.75) is 44.2 Å². The van der Waals surface area contributed by atoms with Gasteiger partial charge in [-0.05, 0) is 25.0 Å². The largest absolute Gasteiger partial charge is 0.378 e. The van der Waals surface area contributed by atoms with Crippen LogP contribution in [0, 0.1) is 11.6 Å². The number of ether oxygens (including phenoxy) is 1. The van der Waals surface area contributed by atoms with Gasteiger partial charge >= 0.3 is 0 Å². The molecule has 6 heteroatoms. The molecule has 0 spiro atoms. The van der Waals surface area contributed by atoms with Crippen LogP contribution in [0.25, 0.3) is 11.3 Å². The van der Waals surface area contributed by atoms with Crippen LogP contribution >= 0.6 is 0 Å². The van der Waals surface area contributed by atoms with Gasteiger partial charge in [-0.25, -0.2) is 13.8 Å². The molecule has 1 saturated heterocycles. The Bertz CT molecular complexity index is 727. The summed E-state index contributed by atoms with van der Waals surface area (Å²) in [5, 5.41) is 0. The molecule has 1 aromatic carbocycles. The van der Waals surface area contributed by atoms with Crippen molar-refractivity contribution >= 4 is 0 Å². The van der Waals surface area contributed by atoms with Crippen LogP contribution in [0.15, 0.2) is 24.4 Å².